The maximum atomic E-state index is 11.6. The first-order valence-corrected chi connectivity index (χ1v) is 2.22. The first-order valence-electron chi connectivity index (χ1n) is 1.84. The number of halogens is 6. The lowest BCUT2D eigenvalue weighted by atomic mass is 10.4. The van der Waals surface area contributed by atoms with Crippen LogP contribution in [0.5, 0.6) is 0 Å². The highest BCUT2D eigenvalue weighted by Crippen LogP contribution is 2.38. The van der Waals surface area contributed by atoms with Gasteiger partial charge in [0.15, 0.2) is 0 Å². The SMILES string of the molecule is O=C(F)[C@](F)(Cl)C(F)(F)F. The van der Waals surface area contributed by atoms with Crippen molar-refractivity contribution >= 4 is 17.6 Å². The molecule has 1 nitrogen and oxygen atoms in total. The molecule has 0 aliphatic rings. The van der Waals surface area contributed by atoms with E-state index in [0.29, 0.717) is 0 Å². The monoisotopic (exact) mass is 182 g/mol. The summed E-state index contributed by atoms with van der Waals surface area (Å²) in [6.07, 6.45) is -5.71. The molecule has 0 N–H and O–H groups in total. The van der Waals surface area contributed by atoms with Gasteiger partial charge in [-0.25, -0.2) is 4.39 Å². The number of rotatable bonds is 1. The summed E-state index contributed by atoms with van der Waals surface area (Å²) in [4.78, 5) is 9.22. The Bertz CT molecular complexity index is 149. The van der Waals surface area contributed by atoms with Gasteiger partial charge in [0, 0.05) is 0 Å². The van der Waals surface area contributed by atoms with Crippen LogP contribution in [0.1, 0.15) is 0 Å². The average molecular weight is 182 g/mol. The molecule has 0 spiro atoms. The first kappa shape index (κ1) is 9.61. The average Bonchev–Trinajstić information content (AvgIpc) is 1.62. The summed E-state index contributed by atoms with van der Waals surface area (Å²) in [5.41, 5.74) is 0. The van der Waals surface area contributed by atoms with Crippen LogP contribution < -0.4 is 0 Å². The number of carbonyl (C=O) groups is 1. The van der Waals surface area contributed by atoms with Crippen molar-refractivity contribution in [3.8, 4) is 0 Å². The molecule has 10 heavy (non-hydrogen) atoms. The molecular formula is C3ClF5O. The second-order valence-electron chi connectivity index (χ2n) is 1.35. The predicted molar refractivity (Wildman–Crippen MR) is 21.9 cm³/mol. The lowest BCUT2D eigenvalue weighted by Crippen LogP contribution is -2.40. The molecule has 0 fully saturated rings. The van der Waals surface area contributed by atoms with E-state index in [9.17, 15) is 26.7 Å². The van der Waals surface area contributed by atoms with Crippen LogP contribution in [-0.2, 0) is 4.79 Å². The van der Waals surface area contributed by atoms with E-state index in [0.717, 1.165) is 0 Å². The minimum Gasteiger partial charge on any atom is -0.255 e. The number of carbonyl (C=O) groups excluding carboxylic acids is 1. The van der Waals surface area contributed by atoms with Gasteiger partial charge in [-0.2, -0.15) is 17.6 Å². The van der Waals surface area contributed by atoms with E-state index in [-0.39, 0.29) is 0 Å². The third kappa shape index (κ3) is 1.56. The third-order valence-electron chi connectivity index (χ3n) is 0.603. The Balaban J connectivity index is 4.57. The summed E-state index contributed by atoms with van der Waals surface area (Å²) in [6.45, 7) is 0. The summed E-state index contributed by atoms with van der Waals surface area (Å²) in [7, 11) is 0. The highest BCUT2D eigenvalue weighted by atomic mass is 35.5. The Morgan fingerprint density at radius 3 is 1.50 bits per heavy atom. The maximum Gasteiger partial charge on any atom is 0.447 e. The van der Waals surface area contributed by atoms with Gasteiger partial charge in [-0.05, 0) is 0 Å². The van der Waals surface area contributed by atoms with E-state index in [1.54, 1.807) is 0 Å². The van der Waals surface area contributed by atoms with Crippen LogP contribution in [-0.4, -0.2) is 17.3 Å². The van der Waals surface area contributed by atoms with Crippen LogP contribution >= 0.6 is 11.6 Å². The van der Waals surface area contributed by atoms with Crippen molar-refractivity contribution in [3.63, 3.8) is 0 Å². The zero-order valence-electron chi connectivity index (χ0n) is 4.18. The summed E-state index contributed by atoms with van der Waals surface area (Å²) < 4.78 is 56.1. The van der Waals surface area contributed by atoms with Crippen LogP contribution in [0.4, 0.5) is 22.0 Å². The minimum atomic E-state index is -5.71. The number of alkyl halides is 5. The molecular weight excluding hydrogens is 182 g/mol. The largest absolute Gasteiger partial charge is 0.447 e. The highest BCUT2D eigenvalue weighted by molar-refractivity contribution is 6.33. The Kier molecular flexibility index (Phi) is 2.24. The Morgan fingerprint density at radius 1 is 1.20 bits per heavy atom. The van der Waals surface area contributed by atoms with Crippen molar-refractivity contribution in [2.24, 2.45) is 0 Å². The van der Waals surface area contributed by atoms with Gasteiger partial charge in [-0.15, -0.1) is 0 Å². The quantitative estimate of drug-likeness (QED) is 0.344. The van der Waals surface area contributed by atoms with E-state index in [4.69, 9.17) is 0 Å². The predicted octanol–water partition coefficient (Wildman–Crippen LogP) is 1.95. The number of hydrogen-bond donors (Lipinski definition) is 0. The topological polar surface area (TPSA) is 17.1 Å². The van der Waals surface area contributed by atoms with Crippen molar-refractivity contribution in [1.29, 1.82) is 0 Å². The van der Waals surface area contributed by atoms with E-state index in [2.05, 4.69) is 11.6 Å². The van der Waals surface area contributed by atoms with Crippen molar-refractivity contribution in [2.45, 2.75) is 11.3 Å². The van der Waals surface area contributed by atoms with Crippen LogP contribution in [0.25, 0.3) is 0 Å². The minimum absolute atomic E-state index is 3.26. The van der Waals surface area contributed by atoms with Gasteiger partial charge in [0.05, 0.1) is 0 Å². The molecule has 0 aromatic rings. The fraction of sp³-hybridized carbons (Fsp3) is 0.667. The molecule has 0 bridgehead atoms. The van der Waals surface area contributed by atoms with E-state index >= 15 is 0 Å². The maximum absolute atomic E-state index is 11.6. The molecule has 0 rings (SSSR count). The van der Waals surface area contributed by atoms with Gasteiger partial charge in [0.1, 0.15) is 0 Å². The lowest BCUT2D eigenvalue weighted by molar-refractivity contribution is -0.205. The Labute approximate surface area is 56.8 Å². The zero-order valence-corrected chi connectivity index (χ0v) is 4.93. The molecule has 0 aromatic heterocycles. The molecule has 0 aliphatic heterocycles. The summed E-state index contributed by atoms with van der Waals surface area (Å²) in [5, 5.41) is -4.90. The smallest absolute Gasteiger partial charge is 0.255 e. The summed E-state index contributed by atoms with van der Waals surface area (Å²) in [5.74, 6) is 0. The fourth-order valence-electron chi connectivity index (χ4n) is 0.111. The molecule has 0 saturated carbocycles. The van der Waals surface area contributed by atoms with E-state index < -0.39 is 17.3 Å². The third-order valence-corrected chi connectivity index (χ3v) is 0.966. The van der Waals surface area contributed by atoms with Crippen molar-refractivity contribution in [2.75, 3.05) is 0 Å². The highest BCUT2D eigenvalue weighted by Gasteiger charge is 2.61. The van der Waals surface area contributed by atoms with Crippen molar-refractivity contribution in [1.82, 2.24) is 0 Å². The molecule has 0 radical (unpaired) electrons. The van der Waals surface area contributed by atoms with Crippen LogP contribution in [0, 0.1) is 0 Å². The standard InChI is InChI=1S/C3ClF5O/c4-2(6,1(5)10)3(7,8)9/t2-/m1/s1. The Morgan fingerprint density at radius 2 is 1.50 bits per heavy atom. The number of hydrogen-bond acceptors (Lipinski definition) is 1. The van der Waals surface area contributed by atoms with Gasteiger partial charge < -0.3 is 0 Å². The molecule has 1 atom stereocenters. The normalized spacial score (nSPS) is 18.2. The molecule has 0 aromatic carbocycles. The van der Waals surface area contributed by atoms with Gasteiger partial charge in [-0.3, -0.25) is 4.79 Å². The Hall–Kier alpha value is -0.390. The van der Waals surface area contributed by atoms with Crippen LogP contribution in [0.3, 0.4) is 0 Å². The second kappa shape index (κ2) is 2.34. The van der Waals surface area contributed by atoms with Gasteiger partial charge >= 0.3 is 17.3 Å². The van der Waals surface area contributed by atoms with Gasteiger partial charge in [-0.1, -0.05) is 11.6 Å². The molecule has 7 heteroatoms. The molecule has 0 amide bonds. The molecule has 0 unspecified atom stereocenters. The zero-order chi connectivity index (χ0) is 8.58. The summed E-state index contributed by atoms with van der Waals surface area (Å²) >= 11 is 3.83. The van der Waals surface area contributed by atoms with Crippen molar-refractivity contribution < 1.29 is 26.7 Å². The second-order valence-corrected chi connectivity index (χ2v) is 1.87. The fourth-order valence-corrected chi connectivity index (χ4v) is 0.111. The first-order chi connectivity index (χ1) is 4.19. The molecule has 0 aliphatic carbocycles. The molecule has 0 heterocycles. The summed E-state index contributed by atoms with van der Waals surface area (Å²) in [6, 6.07) is -3.26. The van der Waals surface area contributed by atoms with Crippen LogP contribution in [0.15, 0.2) is 0 Å². The van der Waals surface area contributed by atoms with E-state index in [1.807, 2.05) is 0 Å². The molecule has 0 saturated heterocycles. The van der Waals surface area contributed by atoms with Crippen molar-refractivity contribution in [3.05, 3.63) is 0 Å². The van der Waals surface area contributed by atoms with Crippen LogP contribution in [0.2, 0.25) is 0 Å². The van der Waals surface area contributed by atoms with Gasteiger partial charge in [0.2, 0.25) is 0 Å². The van der Waals surface area contributed by atoms with E-state index in [1.165, 1.54) is 0 Å². The van der Waals surface area contributed by atoms with Gasteiger partial charge in [0.25, 0.3) is 0 Å². The lowest BCUT2D eigenvalue weighted by Gasteiger charge is -2.14. The molecule has 60 valence electrons.